The maximum absolute atomic E-state index is 13.6. The summed E-state index contributed by atoms with van der Waals surface area (Å²) in [5.41, 5.74) is 4.48. The quantitative estimate of drug-likeness (QED) is 0.400. The SMILES string of the molecule is CCCCn1c(C)nc2c(c1=O)c1nc3ccccc3nc1n2Cc1ccc(OC)cc1. The van der Waals surface area contributed by atoms with Crippen molar-refractivity contribution in [2.45, 2.75) is 39.8 Å². The van der Waals surface area contributed by atoms with Crippen molar-refractivity contribution in [2.24, 2.45) is 0 Å². The number of fused-ring (bicyclic) bond motifs is 4. The monoisotopic (exact) mass is 427 g/mol. The standard InChI is InChI=1S/C25H25N5O2/c1-4-5-14-29-16(2)26-23-21(25(29)31)22-24(28-20-9-7-6-8-19(20)27-22)30(23)15-17-10-12-18(32-3)13-11-17/h6-13H,4-5,14-15H2,1-3H3. The van der Waals surface area contributed by atoms with Crippen LogP contribution in [0.25, 0.3) is 33.2 Å². The zero-order valence-electron chi connectivity index (χ0n) is 18.5. The van der Waals surface area contributed by atoms with Crippen LogP contribution in [-0.2, 0) is 13.1 Å². The van der Waals surface area contributed by atoms with Gasteiger partial charge in [0.2, 0.25) is 0 Å². The molecule has 162 valence electrons. The van der Waals surface area contributed by atoms with Crippen LogP contribution in [0.1, 0.15) is 31.2 Å². The molecule has 7 heteroatoms. The molecule has 0 fully saturated rings. The second-order valence-corrected chi connectivity index (χ2v) is 7.99. The number of methoxy groups -OCH3 is 1. The van der Waals surface area contributed by atoms with Crippen molar-refractivity contribution in [3.05, 3.63) is 70.3 Å². The number of para-hydroxylation sites is 2. The first-order chi connectivity index (χ1) is 15.6. The van der Waals surface area contributed by atoms with Crippen molar-refractivity contribution in [3.63, 3.8) is 0 Å². The van der Waals surface area contributed by atoms with Gasteiger partial charge in [-0.05, 0) is 43.2 Å². The smallest absolute Gasteiger partial charge is 0.265 e. The minimum Gasteiger partial charge on any atom is -0.497 e. The summed E-state index contributed by atoms with van der Waals surface area (Å²) >= 11 is 0. The predicted molar refractivity (Wildman–Crippen MR) is 126 cm³/mol. The number of nitrogens with zero attached hydrogens (tertiary/aromatic N) is 5. The Balaban J connectivity index is 1.81. The lowest BCUT2D eigenvalue weighted by Gasteiger charge is -2.11. The summed E-state index contributed by atoms with van der Waals surface area (Å²) in [6, 6.07) is 15.6. The van der Waals surface area contributed by atoms with E-state index in [-0.39, 0.29) is 5.56 Å². The van der Waals surface area contributed by atoms with Gasteiger partial charge in [-0.25, -0.2) is 15.0 Å². The predicted octanol–water partition coefficient (Wildman–Crippen LogP) is 4.46. The highest BCUT2D eigenvalue weighted by atomic mass is 16.5. The summed E-state index contributed by atoms with van der Waals surface area (Å²) in [6.45, 7) is 5.19. The normalized spacial score (nSPS) is 11.6. The Bertz CT molecular complexity index is 1500. The van der Waals surface area contributed by atoms with E-state index in [0.29, 0.717) is 41.1 Å². The van der Waals surface area contributed by atoms with Gasteiger partial charge in [0.05, 0.1) is 24.7 Å². The van der Waals surface area contributed by atoms with E-state index in [9.17, 15) is 4.79 Å². The molecule has 2 aromatic carbocycles. The van der Waals surface area contributed by atoms with E-state index in [1.54, 1.807) is 11.7 Å². The van der Waals surface area contributed by atoms with Gasteiger partial charge in [0.1, 0.15) is 22.5 Å². The second-order valence-electron chi connectivity index (χ2n) is 7.99. The van der Waals surface area contributed by atoms with Gasteiger partial charge >= 0.3 is 0 Å². The van der Waals surface area contributed by atoms with Crippen LogP contribution in [0.4, 0.5) is 0 Å². The van der Waals surface area contributed by atoms with Crippen LogP contribution in [0.3, 0.4) is 0 Å². The van der Waals surface area contributed by atoms with Gasteiger partial charge in [-0.15, -0.1) is 0 Å². The van der Waals surface area contributed by atoms with Crippen LogP contribution < -0.4 is 10.3 Å². The van der Waals surface area contributed by atoms with Crippen LogP contribution >= 0.6 is 0 Å². The molecule has 0 atom stereocenters. The van der Waals surface area contributed by atoms with Gasteiger partial charge in [-0.3, -0.25) is 9.36 Å². The number of rotatable bonds is 6. The minimum absolute atomic E-state index is 0.0518. The molecule has 0 N–H and O–H groups in total. The molecule has 0 spiro atoms. The molecule has 7 nitrogen and oxygen atoms in total. The summed E-state index contributed by atoms with van der Waals surface area (Å²) in [7, 11) is 1.65. The zero-order valence-corrected chi connectivity index (χ0v) is 18.5. The summed E-state index contributed by atoms with van der Waals surface area (Å²) < 4.78 is 9.05. The molecule has 0 saturated heterocycles. The lowest BCUT2D eigenvalue weighted by Crippen LogP contribution is -2.24. The van der Waals surface area contributed by atoms with E-state index in [2.05, 4.69) is 6.92 Å². The molecule has 0 bridgehead atoms. The molecule has 32 heavy (non-hydrogen) atoms. The van der Waals surface area contributed by atoms with Crippen LogP contribution in [0.5, 0.6) is 5.75 Å². The molecule has 3 heterocycles. The van der Waals surface area contributed by atoms with Crippen LogP contribution in [0, 0.1) is 6.92 Å². The molecule has 0 amide bonds. The molecule has 0 aliphatic rings. The number of aryl methyl sites for hydroxylation is 1. The van der Waals surface area contributed by atoms with Crippen molar-refractivity contribution < 1.29 is 4.74 Å². The van der Waals surface area contributed by atoms with Crippen molar-refractivity contribution >= 4 is 33.2 Å². The van der Waals surface area contributed by atoms with Crippen LogP contribution in [0.2, 0.25) is 0 Å². The van der Waals surface area contributed by atoms with Crippen molar-refractivity contribution in [1.29, 1.82) is 0 Å². The number of hydrogen-bond acceptors (Lipinski definition) is 5. The van der Waals surface area contributed by atoms with Crippen molar-refractivity contribution in [3.8, 4) is 5.75 Å². The first kappa shape index (κ1) is 20.2. The highest BCUT2D eigenvalue weighted by Gasteiger charge is 2.21. The lowest BCUT2D eigenvalue weighted by molar-refractivity contribution is 0.414. The zero-order chi connectivity index (χ0) is 22.2. The molecular weight excluding hydrogens is 402 g/mol. The fourth-order valence-corrected chi connectivity index (χ4v) is 4.14. The molecule has 0 saturated carbocycles. The maximum atomic E-state index is 13.6. The van der Waals surface area contributed by atoms with Gasteiger partial charge < -0.3 is 9.30 Å². The Labute approximate surface area is 185 Å². The molecular formula is C25H25N5O2. The molecule has 0 radical (unpaired) electrons. The Hall–Kier alpha value is -3.74. The maximum Gasteiger partial charge on any atom is 0.265 e. The Morgan fingerprint density at radius 1 is 0.906 bits per heavy atom. The first-order valence-corrected chi connectivity index (χ1v) is 10.9. The third-order valence-corrected chi connectivity index (χ3v) is 5.88. The van der Waals surface area contributed by atoms with E-state index < -0.39 is 0 Å². The lowest BCUT2D eigenvalue weighted by atomic mass is 10.2. The molecule has 0 aliphatic carbocycles. The van der Waals surface area contributed by atoms with Gasteiger partial charge in [0.15, 0.2) is 11.3 Å². The molecule has 0 aliphatic heterocycles. The number of ether oxygens (including phenoxy) is 1. The van der Waals surface area contributed by atoms with Crippen molar-refractivity contribution in [1.82, 2.24) is 24.1 Å². The third-order valence-electron chi connectivity index (χ3n) is 5.88. The second kappa shape index (κ2) is 8.07. The summed E-state index contributed by atoms with van der Waals surface area (Å²) in [5, 5.41) is 0.536. The fourth-order valence-electron chi connectivity index (χ4n) is 4.14. The highest BCUT2D eigenvalue weighted by Crippen LogP contribution is 2.27. The summed E-state index contributed by atoms with van der Waals surface area (Å²) in [6.07, 6.45) is 1.93. The van der Waals surface area contributed by atoms with Gasteiger partial charge in [-0.2, -0.15) is 0 Å². The van der Waals surface area contributed by atoms with E-state index >= 15 is 0 Å². The van der Waals surface area contributed by atoms with Gasteiger partial charge in [0.25, 0.3) is 5.56 Å². The summed E-state index contributed by atoms with van der Waals surface area (Å²) in [5.74, 6) is 1.51. The minimum atomic E-state index is -0.0518. The molecule has 0 unspecified atom stereocenters. The Kier molecular flexibility index (Phi) is 5.09. The average Bonchev–Trinajstić information content (AvgIpc) is 3.10. The number of benzene rings is 2. The van der Waals surface area contributed by atoms with E-state index in [1.165, 1.54) is 0 Å². The number of unbranched alkanes of at least 4 members (excludes halogenated alkanes) is 1. The number of aromatic nitrogens is 5. The van der Waals surface area contributed by atoms with E-state index in [0.717, 1.165) is 35.2 Å². The topological polar surface area (TPSA) is 74.8 Å². The molecule has 3 aromatic heterocycles. The van der Waals surface area contributed by atoms with Crippen LogP contribution in [0.15, 0.2) is 53.3 Å². The average molecular weight is 428 g/mol. The molecule has 5 rings (SSSR count). The largest absolute Gasteiger partial charge is 0.497 e. The van der Waals surface area contributed by atoms with Gasteiger partial charge in [-0.1, -0.05) is 37.6 Å². The fraction of sp³-hybridized carbons (Fsp3) is 0.280. The Morgan fingerprint density at radius 3 is 2.31 bits per heavy atom. The van der Waals surface area contributed by atoms with Crippen LogP contribution in [-0.4, -0.2) is 31.2 Å². The van der Waals surface area contributed by atoms with Gasteiger partial charge in [0, 0.05) is 6.54 Å². The summed E-state index contributed by atoms with van der Waals surface area (Å²) in [4.78, 5) is 28.2. The Morgan fingerprint density at radius 2 is 1.62 bits per heavy atom. The molecule has 5 aromatic rings. The van der Waals surface area contributed by atoms with Crippen molar-refractivity contribution in [2.75, 3.05) is 7.11 Å². The first-order valence-electron chi connectivity index (χ1n) is 10.9. The number of hydrogen-bond donors (Lipinski definition) is 0. The highest BCUT2D eigenvalue weighted by molar-refractivity contribution is 6.04. The third kappa shape index (κ3) is 3.30. The van der Waals surface area contributed by atoms with E-state index in [1.807, 2.05) is 60.0 Å². The van der Waals surface area contributed by atoms with E-state index in [4.69, 9.17) is 19.7 Å².